The van der Waals surface area contributed by atoms with Crippen LogP contribution in [-0.2, 0) is 65.0 Å². The predicted molar refractivity (Wildman–Crippen MR) is 276 cm³/mol. The molecule has 0 radical (unpaired) electrons. The average Bonchev–Trinajstić information content (AvgIpc) is 3.33. The quantitative estimate of drug-likeness (QED) is 0.0479. The van der Waals surface area contributed by atoms with E-state index in [1.54, 1.807) is 133 Å². The largest absolute Gasteiger partial charge is 2.00 e. The third-order valence-electron chi connectivity index (χ3n) is 10.7. The van der Waals surface area contributed by atoms with Gasteiger partial charge in [-0.25, -0.2) is 0 Å². The molecule has 0 spiro atoms. The van der Waals surface area contributed by atoms with E-state index in [9.17, 15) is 46.2 Å². The molecule has 0 saturated carbocycles. The molecule has 16 nitrogen and oxygen atoms in total. The van der Waals surface area contributed by atoms with Crippen LogP contribution in [0.15, 0.2) is 159 Å². The number of carbonyl (C=O) groups is 4. The Balaban J connectivity index is 0.000000312. The van der Waals surface area contributed by atoms with Crippen LogP contribution in [0.5, 0.6) is 11.5 Å². The molecule has 0 aliphatic carbocycles. The van der Waals surface area contributed by atoms with Crippen LogP contribution in [0.25, 0.3) is 22.3 Å². The number of anilines is 2. The monoisotopic (exact) mass is 1040 g/mol. The van der Waals surface area contributed by atoms with E-state index in [1.807, 2.05) is 12.1 Å². The second-order valence-corrected chi connectivity index (χ2v) is 19.2. The molecule has 0 aliphatic heterocycles. The number of carboxylic acids is 2. The van der Waals surface area contributed by atoms with Crippen molar-refractivity contribution in [2.24, 2.45) is 0 Å². The summed E-state index contributed by atoms with van der Waals surface area (Å²) in [5, 5.41) is 27.9. The Bertz CT molecular complexity index is 2920. The van der Waals surface area contributed by atoms with Crippen LogP contribution in [0.3, 0.4) is 0 Å². The number of benzene rings is 6. The van der Waals surface area contributed by atoms with Gasteiger partial charge in [0.1, 0.15) is 23.7 Å². The van der Waals surface area contributed by atoms with Crippen molar-refractivity contribution in [3.05, 3.63) is 192 Å². The van der Waals surface area contributed by atoms with Crippen LogP contribution in [0, 0.1) is 0 Å². The van der Waals surface area contributed by atoms with Crippen LogP contribution < -0.4 is 29.2 Å². The molecule has 0 fully saturated rings. The van der Waals surface area contributed by atoms with Crippen molar-refractivity contribution < 1.29 is 64.1 Å². The Morgan fingerprint density at radius 1 is 0.534 bits per heavy atom. The molecule has 0 saturated heterocycles. The van der Waals surface area contributed by atoms with Crippen molar-refractivity contribution in [3.8, 4) is 33.8 Å². The number of carboxylic acid groups (broad SMARTS) is 2. The van der Waals surface area contributed by atoms with E-state index in [0.29, 0.717) is 35.3 Å². The third kappa shape index (κ3) is 17.5. The van der Waals surface area contributed by atoms with Gasteiger partial charge in [0.05, 0.1) is 24.5 Å². The molecule has 6 rings (SSSR count). The molecule has 19 heteroatoms. The number of hydrogen-bond donors (Lipinski definition) is 2. The number of amides is 2. The number of nitrogens with one attached hydrogen (secondary N) is 2. The van der Waals surface area contributed by atoms with Crippen molar-refractivity contribution in [1.29, 1.82) is 0 Å². The first-order valence-electron chi connectivity index (χ1n) is 22.0. The Labute approximate surface area is 441 Å². The summed E-state index contributed by atoms with van der Waals surface area (Å²) in [6.45, 7) is 7.61. The van der Waals surface area contributed by atoms with Crippen LogP contribution in [0.2, 0.25) is 0 Å². The van der Waals surface area contributed by atoms with Gasteiger partial charge in [-0.15, -0.1) is 13.2 Å². The van der Waals surface area contributed by atoms with E-state index in [1.165, 1.54) is 14.2 Å². The minimum Gasteiger partial charge on any atom is -0.547 e. The maximum absolute atomic E-state index is 13.2. The van der Waals surface area contributed by atoms with Gasteiger partial charge in [-0.05, 0) is 118 Å². The average molecular weight is 1040 g/mol. The first kappa shape index (κ1) is 58.4. The summed E-state index contributed by atoms with van der Waals surface area (Å²) in [4.78, 5) is 48.4. The fourth-order valence-corrected chi connectivity index (χ4v) is 8.32. The standard InChI is InChI=1S/2C27H27NO7S.Mg/c2*1-4-6-23-22(19-11-15-21(16-12-19)35-36(3,32)33)7-5-8-24(23)26(29)28-20-13-9-18(10-14-20)17-25(34-2)27(30)31;/h2*4-5,7-16,25H,1,6,17H2,2-3H3,(H,28,29)(H,30,31);/q;;+2/p-2/t2*25-;/m00./s1. The maximum Gasteiger partial charge on any atom is 2.00 e. The van der Waals surface area contributed by atoms with E-state index in [4.69, 9.17) is 17.8 Å². The molecule has 73 heavy (non-hydrogen) atoms. The minimum absolute atomic E-state index is 0. The van der Waals surface area contributed by atoms with Crippen molar-refractivity contribution >= 4 is 78.4 Å². The van der Waals surface area contributed by atoms with Crippen molar-refractivity contribution in [3.63, 3.8) is 0 Å². The zero-order valence-electron chi connectivity index (χ0n) is 40.5. The van der Waals surface area contributed by atoms with E-state index in [0.717, 1.165) is 57.0 Å². The summed E-state index contributed by atoms with van der Waals surface area (Å²) in [5.41, 5.74) is 8.16. The zero-order chi connectivity index (χ0) is 52.6. The van der Waals surface area contributed by atoms with Gasteiger partial charge >= 0.3 is 43.3 Å². The summed E-state index contributed by atoms with van der Waals surface area (Å²) in [6.07, 6.45) is 4.40. The summed E-state index contributed by atoms with van der Waals surface area (Å²) in [6, 6.07) is 37.4. The molecule has 2 amide bonds. The fraction of sp³-hybridized carbons (Fsp3) is 0.185. The summed E-state index contributed by atoms with van der Waals surface area (Å²) >= 11 is 0. The Morgan fingerprint density at radius 2 is 0.863 bits per heavy atom. The molecule has 0 aliphatic rings. The van der Waals surface area contributed by atoms with Crippen molar-refractivity contribution in [1.82, 2.24) is 0 Å². The molecule has 6 aromatic rings. The zero-order valence-corrected chi connectivity index (χ0v) is 43.5. The van der Waals surface area contributed by atoms with Gasteiger partial charge in [0.25, 0.3) is 11.8 Å². The number of methoxy groups -OCH3 is 2. The van der Waals surface area contributed by atoms with E-state index >= 15 is 0 Å². The molecule has 376 valence electrons. The van der Waals surface area contributed by atoms with E-state index < -0.39 is 44.4 Å². The van der Waals surface area contributed by atoms with Crippen molar-refractivity contribution in [2.75, 3.05) is 37.4 Å². The van der Waals surface area contributed by atoms with Gasteiger partial charge < -0.3 is 48.3 Å². The van der Waals surface area contributed by atoms with Gasteiger partial charge in [-0.3, -0.25) is 9.59 Å². The second-order valence-electron chi connectivity index (χ2n) is 16.1. The molecule has 6 aromatic carbocycles. The topological polar surface area (TPSA) is 244 Å². The molecular weight excluding hydrogens is 989 g/mol. The molecule has 2 atom stereocenters. The number of allylic oxidation sites excluding steroid dienone is 2. The Kier molecular flexibility index (Phi) is 21.7. The summed E-state index contributed by atoms with van der Waals surface area (Å²) in [5.74, 6) is -2.82. The van der Waals surface area contributed by atoms with Crippen LogP contribution in [0.4, 0.5) is 11.4 Å². The molecule has 0 bridgehead atoms. The van der Waals surface area contributed by atoms with Crippen LogP contribution >= 0.6 is 0 Å². The smallest absolute Gasteiger partial charge is 0.547 e. The summed E-state index contributed by atoms with van der Waals surface area (Å²) in [7, 11) is -4.65. The van der Waals surface area contributed by atoms with E-state index in [-0.39, 0.29) is 59.2 Å². The summed E-state index contributed by atoms with van der Waals surface area (Å²) < 4.78 is 65.1. The Morgan fingerprint density at radius 3 is 1.14 bits per heavy atom. The SMILES string of the molecule is C=CCc1c(C(=O)Nc2ccc(C[C@H](OC)C(=O)[O-])cc2)cccc1-c1ccc(OS(C)(=O)=O)cc1.C=CCc1c(C(=O)Nc2ccc(C[C@H](OC)C(=O)[O-])cc2)cccc1-c1ccc(OS(C)(=O)=O)cc1.[Mg+2]. The van der Waals surface area contributed by atoms with Crippen molar-refractivity contribution in [2.45, 2.75) is 37.9 Å². The molecule has 0 aromatic heterocycles. The first-order valence-corrected chi connectivity index (χ1v) is 25.6. The van der Waals surface area contributed by atoms with Crippen LogP contribution in [-0.4, -0.2) is 103 Å². The van der Waals surface area contributed by atoms with Gasteiger partial charge in [-0.1, -0.05) is 84.9 Å². The Hall–Kier alpha value is -7.13. The fourth-order valence-electron chi connectivity index (χ4n) is 7.40. The minimum atomic E-state index is -3.63. The van der Waals surface area contributed by atoms with Gasteiger partial charge in [0, 0.05) is 49.6 Å². The first-order chi connectivity index (χ1) is 34.2. The maximum atomic E-state index is 13.2. The van der Waals surface area contributed by atoms with Gasteiger partial charge in [0.15, 0.2) is 0 Å². The molecule has 0 heterocycles. The van der Waals surface area contributed by atoms with E-state index in [2.05, 4.69) is 23.8 Å². The number of carbonyl (C=O) groups excluding carboxylic acids is 4. The van der Waals surface area contributed by atoms with Gasteiger partial charge in [0.2, 0.25) is 0 Å². The molecular formula is C54H52MgN2O14S2. The molecule has 0 unspecified atom stereocenters. The predicted octanol–water partition coefficient (Wildman–Crippen LogP) is 5.58. The molecule has 2 N–H and O–H groups in total. The second kappa shape index (κ2) is 27.1. The normalized spacial score (nSPS) is 11.8. The van der Waals surface area contributed by atoms with Gasteiger partial charge in [-0.2, -0.15) is 16.8 Å². The number of ether oxygens (including phenoxy) is 2. The number of aliphatic carboxylic acids is 2. The van der Waals surface area contributed by atoms with Crippen LogP contribution in [0.1, 0.15) is 43.0 Å². The number of rotatable bonds is 22. The third-order valence-corrected chi connectivity index (χ3v) is 11.7. The number of hydrogen-bond acceptors (Lipinski definition) is 14.